The maximum absolute atomic E-state index is 13.4. The van der Waals surface area contributed by atoms with Gasteiger partial charge in [0.25, 0.3) is 11.8 Å². The van der Waals surface area contributed by atoms with Gasteiger partial charge in [-0.05, 0) is 31.2 Å². The molecule has 1 saturated heterocycles. The summed E-state index contributed by atoms with van der Waals surface area (Å²) in [6.07, 6.45) is -0.787. The number of hydrogen-bond donors (Lipinski definition) is 1. The van der Waals surface area contributed by atoms with Crippen LogP contribution in [0.2, 0.25) is 5.02 Å². The Morgan fingerprint density at radius 2 is 1.81 bits per heavy atom. The van der Waals surface area contributed by atoms with Gasteiger partial charge >= 0.3 is 0 Å². The molecule has 1 atom stereocenters. The van der Waals surface area contributed by atoms with E-state index in [2.05, 4.69) is 5.32 Å². The zero-order valence-corrected chi connectivity index (χ0v) is 18.3. The molecule has 32 heavy (non-hydrogen) atoms. The van der Waals surface area contributed by atoms with Crippen LogP contribution in [0.25, 0.3) is 0 Å². The fourth-order valence-electron chi connectivity index (χ4n) is 3.49. The van der Waals surface area contributed by atoms with E-state index in [9.17, 15) is 26.8 Å². The van der Waals surface area contributed by atoms with Crippen molar-refractivity contribution in [3.05, 3.63) is 52.6 Å². The van der Waals surface area contributed by atoms with Crippen LogP contribution in [0.15, 0.2) is 35.2 Å². The highest BCUT2D eigenvalue weighted by Gasteiger charge is 2.34. The highest BCUT2D eigenvalue weighted by Crippen LogP contribution is 2.38. The van der Waals surface area contributed by atoms with Gasteiger partial charge in [0.15, 0.2) is 17.7 Å². The second-order valence-corrected chi connectivity index (χ2v) is 9.67. The predicted molar refractivity (Wildman–Crippen MR) is 111 cm³/mol. The van der Waals surface area contributed by atoms with E-state index in [0.717, 1.165) is 12.1 Å². The molecule has 0 aromatic heterocycles. The van der Waals surface area contributed by atoms with Crippen molar-refractivity contribution in [2.75, 3.05) is 31.5 Å². The standard InChI is InChI=1S/C20H18ClF2N3O5S/c1-11-19(27)24-16-9-13(21)18(10-17(16)31-11)32(29,30)26-6-4-25(5-7-26)20(28)12-2-3-14(22)15(23)8-12/h2-3,8-11H,4-7H2,1H3,(H,24,27)/t11-/m0/s1. The van der Waals surface area contributed by atoms with Gasteiger partial charge in [0.1, 0.15) is 10.6 Å². The topological polar surface area (TPSA) is 96.0 Å². The summed E-state index contributed by atoms with van der Waals surface area (Å²) >= 11 is 6.19. The Hall–Kier alpha value is -2.76. The number of halogens is 3. The van der Waals surface area contributed by atoms with Crippen LogP contribution in [0.3, 0.4) is 0 Å². The number of benzene rings is 2. The summed E-state index contributed by atoms with van der Waals surface area (Å²) in [7, 11) is -4.02. The van der Waals surface area contributed by atoms with Crippen molar-refractivity contribution in [1.29, 1.82) is 0 Å². The molecular formula is C20H18ClF2N3O5S. The maximum Gasteiger partial charge on any atom is 0.265 e. The highest BCUT2D eigenvalue weighted by molar-refractivity contribution is 7.89. The lowest BCUT2D eigenvalue weighted by Crippen LogP contribution is -2.50. The number of rotatable bonds is 3. The van der Waals surface area contributed by atoms with Gasteiger partial charge in [0.2, 0.25) is 10.0 Å². The van der Waals surface area contributed by atoms with Crippen LogP contribution in [0.4, 0.5) is 14.5 Å². The zero-order valence-electron chi connectivity index (χ0n) is 16.8. The fraction of sp³-hybridized carbons (Fsp3) is 0.300. The van der Waals surface area contributed by atoms with Gasteiger partial charge in [-0.2, -0.15) is 4.31 Å². The van der Waals surface area contributed by atoms with E-state index < -0.39 is 33.7 Å². The van der Waals surface area contributed by atoms with E-state index in [1.54, 1.807) is 0 Å². The molecule has 8 nitrogen and oxygen atoms in total. The minimum atomic E-state index is -4.02. The monoisotopic (exact) mass is 485 g/mol. The van der Waals surface area contributed by atoms with E-state index in [0.29, 0.717) is 0 Å². The number of piperazine rings is 1. The smallest absolute Gasteiger partial charge is 0.265 e. The quantitative estimate of drug-likeness (QED) is 0.720. The number of ether oxygens (including phenoxy) is 1. The van der Waals surface area contributed by atoms with Crippen molar-refractivity contribution in [3.8, 4) is 5.75 Å². The molecule has 170 valence electrons. The Kier molecular flexibility index (Phi) is 5.82. The number of fused-ring (bicyclic) bond motifs is 1. The molecule has 2 amide bonds. The first-order valence-electron chi connectivity index (χ1n) is 9.63. The SMILES string of the molecule is C[C@@H]1Oc2cc(S(=O)(=O)N3CCN(C(=O)c4ccc(F)c(F)c4)CC3)c(Cl)cc2NC1=O. The van der Waals surface area contributed by atoms with Crippen LogP contribution in [0.5, 0.6) is 5.75 Å². The minimum Gasteiger partial charge on any atom is -0.479 e. The first-order valence-corrected chi connectivity index (χ1v) is 11.5. The summed E-state index contributed by atoms with van der Waals surface area (Å²) < 4.78 is 59.5. The van der Waals surface area contributed by atoms with Gasteiger partial charge in [0, 0.05) is 37.8 Å². The Bertz CT molecular complexity index is 1220. The van der Waals surface area contributed by atoms with E-state index in [1.165, 1.54) is 34.3 Å². The molecule has 0 bridgehead atoms. The molecule has 1 N–H and O–H groups in total. The van der Waals surface area contributed by atoms with Crippen LogP contribution >= 0.6 is 11.6 Å². The first kappa shape index (κ1) is 22.4. The van der Waals surface area contributed by atoms with Gasteiger partial charge < -0.3 is 15.0 Å². The number of carbonyl (C=O) groups excluding carboxylic acids is 2. The number of anilines is 1. The Balaban J connectivity index is 1.51. The molecule has 4 rings (SSSR count). The highest BCUT2D eigenvalue weighted by atomic mass is 35.5. The van der Waals surface area contributed by atoms with Crippen molar-refractivity contribution < 1.29 is 31.5 Å². The third-order valence-corrected chi connectivity index (χ3v) is 7.64. The van der Waals surface area contributed by atoms with Crippen LogP contribution < -0.4 is 10.1 Å². The summed E-state index contributed by atoms with van der Waals surface area (Å²) in [6.45, 7) is 1.62. The number of carbonyl (C=O) groups is 2. The van der Waals surface area contributed by atoms with E-state index in [-0.39, 0.29) is 59.0 Å². The van der Waals surface area contributed by atoms with Gasteiger partial charge in [-0.15, -0.1) is 0 Å². The van der Waals surface area contributed by atoms with Gasteiger partial charge in [-0.25, -0.2) is 17.2 Å². The molecule has 0 saturated carbocycles. The van der Waals surface area contributed by atoms with Crippen LogP contribution in [0.1, 0.15) is 17.3 Å². The fourth-order valence-corrected chi connectivity index (χ4v) is 5.43. The van der Waals surface area contributed by atoms with Crippen molar-refractivity contribution in [2.45, 2.75) is 17.9 Å². The molecule has 2 heterocycles. The summed E-state index contributed by atoms with van der Waals surface area (Å²) in [5.41, 5.74) is 0.255. The zero-order chi connectivity index (χ0) is 23.2. The van der Waals surface area contributed by atoms with E-state index in [4.69, 9.17) is 16.3 Å². The number of hydrogen-bond acceptors (Lipinski definition) is 5. The number of sulfonamides is 1. The number of nitrogens with zero attached hydrogens (tertiary/aromatic N) is 2. The van der Waals surface area contributed by atoms with Crippen LogP contribution in [0, 0.1) is 11.6 Å². The lowest BCUT2D eigenvalue weighted by Gasteiger charge is -2.34. The molecule has 2 aromatic rings. The minimum absolute atomic E-state index is 0.0147. The largest absolute Gasteiger partial charge is 0.479 e. The average Bonchev–Trinajstić information content (AvgIpc) is 2.76. The Morgan fingerprint density at radius 1 is 1.12 bits per heavy atom. The summed E-state index contributed by atoms with van der Waals surface area (Å²) in [6, 6.07) is 5.44. The molecule has 2 aliphatic heterocycles. The van der Waals surface area contributed by atoms with Crippen molar-refractivity contribution in [2.24, 2.45) is 0 Å². The summed E-state index contributed by atoms with van der Waals surface area (Å²) in [4.78, 5) is 25.5. The molecule has 0 unspecified atom stereocenters. The van der Waals surface area contributed by atoms with Gasteiger partial charge in [-0.3, -0.25) is 9.59 Å². The molecule has 0 radical (unpaired) electrons. The van der Waals surface area contributed by atoms with Crippen LogP contribution in [-0.2, 0) is 14.8 Å². The predicted octanol–water partition coefficient (Wildman–Crippen LogP) is 2.48. The first-order chi connectivity index (χ1) is 15.1. The summed E-state index contributed by atoms with van der Waals surface area (Å²) in [5.74, 6) is -2.90. The third-order valence-electron chi connectivity index (χ3n) is 5.28. The summed E-state index contributed by atoms with van der Waals surface area (Å²) in [5, 5.41) is 2.52. The van der Waals surface area contributed by atoms with E-state index >= 15 is 0 Å². The Labute approximate surface area is 187 Å². The number of nitrogens with one attached hydrogen (secondary N) is 1. The molecule has 0 aliphatic carbocycles. The molecular weight excluding hydrogens is 468 g/mol. The molecule has 12 heteroatoms. The second kappa shape index (κ2) is 8.30. The maximum atomic E-state index is 13.4. The lowest BCUT2D eigenvalue weighted by atomic mass is 10.1. The molecule has 2 aromatic carbocycles. The van der Waals surface area contributed by atoms with Gasteiger partial charge in [0.05, 0.1) is 10.7 Å². The third kappa shape index (κ3) is 4.03. The lowest BCUT2D eigenvalue weighted by molar-refractivity contribution is -0.122. The average molecular weight is 486 g/mol. The molecule has 0 spiro atoms. The Morgan fingerprint density at radius 3 is 2.47 bits per heavy atom. The number of amides is 2. The van der Waals surface area contributed by atoms with Crippen molar-refractivity contribution >= 4 is 39.1 Å². The van der Waals surface area contributed by atoms with Crippen LogP contribution in [-0.4, -0.2) is 61.7 Å². The van der Waals surface area contributed by atoms with Crippen molar-refractivity contribution in [1.82, 2.24) is 9.21 Å². The second-order valence-electron chi connectivity index (χ2n) is 7.35. The van der Waals surface area contributed by atoms with E-state index in [1.807, 2.05) is 0 Å². The molecule has 1 fully saturated rings. The normalized spacial score (nSPS) is 19.2. The van der Waals surface area contributed by atoms with Gasteiger partial charge in [-0.1, -0.05) is 11.6 Å². The molecule has 2 aliphatic rings. The van der Waals surface area contributed by atoms with Crippen molar-refractivity contribution in [3.63, 3.8) is 0 Å².